The van der Waals surface area contributed by atoms with Gasteiger partial charge in [-0.3, -0.25) is 4.99 Å². The number of aliphatic imine (C=N–C) groups is 1. The second-order valence-corrected chi connectivity index (χ2v) is 3.02. The van der Waals surface area contributed by atoms with Crippen molar-refractivity contribution in [1.82, 2.24) is 4.98 Å². The first-order valence-corrected chi connectivity index (χ1v) is 3.88. The van der Waals surface area contributed by atoms with Crippen LogP contribution in [0.4, 0.5) is 0 Å². The van der Waals surface area contributed by atoms with E-state index in [-0.39, 0.29) is 0 Å². The molecule has 56 valence electrons. The van der Waals surface area contributed by atoms with E-state index in [2.05, 4.69) is 9.98 Å². The molecule has 0 spiro atoms. The molecule has 0 fully saturated rings. The van der Waals surface area contributed by atoms with Crippen LogP contribution in [0.15, 0.2) is 11.1 Å². The van der Waals surface area contributed by atoms with Gasteiger partial charge in [0, 0.05) is 11.8 Å². The van der Waals surface area contributed by atoms with Crippen LogP contribution in [-0.2, 0) is 6.54 Å². The Labute approximate surface area is 73.9 Å². The van der Waals surface area contributed by atoms with Gasteiger partial charge >= 0.3 is 0 Å². The van der Waals surface area contributed by atoms with Crippen LogP contribution in [0.25, 0.3) is 0 Å². The highest BCUT2D eigenvalue weighted by molar-refractivity contribution is 6.34. The summed E-state index contributed by atoms with van der Waals surface area (Å²) in [5.41, 5.74) is 1.95. The molecule has 0 aliphatic carbocycles. The van der Waals surface area contributed by atoms with Crippen molar-refractivity contribution in [1.29, 1.82) is 0 Å². The summed E-state index contributed by atoms with van der Waals surface area (Å²) in [4.78, 5) is 7.93. The summed E-state index contributed by atoms with van der Waals surface area (Å²) in [7, 11) is 0. The smallest absolute Gasteiger partial charge is 0.139 e. The zero-order valence-corrected chi connectivity index (χ0v) is 7.02. The van der Waals surface area contributed by atoms with Crippen LogP contribution in [0.2, 0.25) is 10.3 Å². The standard InChI is InChI=1S/C7H4Cl2N2/c8-6-1-4-2-10-3-5(4)7(9)11-6/h1,3H,2H2. The maximum Gasteiger partial charge on any atom is 0.139 e. The van der Waals surface area contributed by atoms with E-state index in [0.29, 0.717) is 16.9 Å². The van der Waals surface area contributed by atoms with Crippen molar-refractivity contribution in [2.24, 2.45) is 4.99 Å². The van der Waals surface area contributed by atoms with Crippen molar-refractivity contribution >= 4 is 29.4 Å². The van der Waals surface area contributed by atoms with E-state index in [1.807, 2.05) is 0 Å². The first-order valence-electron chi connectivity index (χ1n) is 3.12. The summed E-state index contributed by atoms with van der Waals surface area (Å²) in [6.45, 7) is 0.664. The second kappa shape index (κ2) is 2.47. The number of hydrogen-bond acceptors (Lipinski definition) is 2. The lowest BCUT2D eigenvalue weighted by Crippen LogP contribution is -1.89. The molecule has 0 N–H and O–H groups in total. The molecule has 0 radical (unpaired) electrons. The highest BCUT2D eigenvalue weighted by Crippen LogP contribution is 2.23. The van der Waals surface area contributed by atoms with E-state index in [1.54, 1.807) is 12.3 Å². The Balaban J connectivity index is 2.67. The zero-order valence-electron chi connectivity index (χ0n) is 5.51. The van der Waals surface area contributed by atoms with Crippen LogP contribution in [0, 0.1) is 0 Å². The van der Waals surface area contributed by atoms with E-state index in [4.69, 9.17) is 23.2 Å². The maximum absolute atomic E-state index is 5.79. The molecule has 2 rings (SSSR count). The Bertz CT molecular complexity index is 333. The monoisotopic (exact) mass is 186 g/mol. The zero-order chi connectivity index (χ0) is 7.84. The predicted molar refractivity (Wildman–Crippen MR) is 45.6 cm³/mol. The third-order valence-corrected chi connectivity index (χ3v) is 2.03. The number of rotatable bonds is 0. The Hall–Kier alpha value is -0.600. The van der Waals surface area contributed by atoms with Crippen LogP contribution in [0.3, 0.4) is 0 Å². The van der Waals surface area contributed by atoms with Crippen LogP contribution in [0.5, 0.6) is 0 Å². The number of hydrogen-bond donors (Lipinski definition) is 0. The van der Waals surface area contributed by atoms with E-state index in [9.17, 15) is 0 Å². The second-order valence-electron chi connectivity index (χ2n) is 2.28. The normalized spacial score (nSPS) is 13.6. The topological polar surface area (TPSA) is 25.2 Å². The lowest BCUT2D eigenvalue weighted by atomic mass is 10.2. The Morgan fingerprint density at radius 1 is 1.36 bits per heavy atom. The van der Waals surface area contributed by atoms with Crippen molar-refractivity contribution < 1.29 is 0 Å². The van der Waals surface area contributed by atoms with Gasteiger partial charge in [-0.25, -0.2) is 4.98 Å². The van der Waals surface area contributed by atoms with Crippen LogP contribution < -0.4 is 0 Å². The van der Waals surface area contributed by atoms with Crippen LogP contribution in [-0.4, -0.2) is 11.2 Å². The van der Waals surface area contributed by atoms with Gasteiger partial charge in [0.05, 0.1) is 6.54 Å². The van der Waals surface area contributed by atoms with Crippen molar-refractivity contribution in [3.05, 3.63) is 27.5 Å². The number of pyridine rings is 1. The molecule has 2 heterocycles. The average molecular weight is 187 g/mol. The minimum Gasteiger partial charge on any atom is -0.288 e. The lowest BCUT2D eigenvalue weighted by Gasteiger charge is -1.98. The molecule has 0 bridgehead atoms. The molecular formula is C7H4Cl2N2. The molecule has 1 aromatic heterocycles. The highest BCUT2D eigenvalue weighted by Gasteiger charge is 2.11. The molecule has 1 aliphatic heterocycles. The van der Waals surface area contributed by atoms with Crippen molar-refractivity contribution in [3.63, 3.8) is 0 Å². The molecule has 0 saturated heterocycles. The quantitative estimate of drug-likeness (QED) is 0.572. The maximum atomic E-state index is 5.79. The summed E-state index contributed by atoms with van der Waals surface area (Å²) in [5, 5.41) is 0.869. The van der Waals surface area contributed by atoms with E-state index < -0.39 is 0 Å². The van der Waals surface area contributed by atoms with Crippen LogP contribution in [0.1, 0.15) is 11.1 Å². The molecule has 0 atom stereocenters. The van der Waals surface area contributed by atoms with E-state index >= 15 is 0 Å². The summed E-state index contributed by atoms with van der Waals surface area (Å²) in [6.07, 6.45) is 1.72. The predicted octanol–water partition coefficient (Wildman–Crippen LogP) is 2.32. The highest BCUT2D eigenvalue weighted by atomic mass is 35.5. The Morgan fingerprint density at radius 2 is 2.18 bits per heavy atom. The number of halogens is 2. The fourth-order valence-corrected chi connectivity index (χ4v) is 1.56. The molecule has 2 nitrogen and oxygen atoms in total. The largest absolute Gasteiger partial charge is 0.288 e. The van der Waals surface area contributed by atoms with Gasteiger partial charge in [-0.1, -0.05) is 23.2 Å². The van der Waals surface area contributed by atoms with Crippen LogP contribution >= 0.6 is 23.2 Å². The van der Waals surface area contributed by atoms with Crippen molar-refractivity contribution in [3.8, 4) is 0 Å². The fraction of sp³-hybridized carbons (Fsp3) is 0.143. The van der Waals surface area contributed by atoms with Gasteiger partial charge in [0.1, 0.15) is 10.3 Å². The minimum atomic E-state index is 0.430. The molecule has 0 saturated carbocycles. The first-order chi connectivity index (χ1) is 5.27. The summed E-state index contributed by atoms with van der Waals surface area (Å²) in [6, 6.07) is 1.79. The van der Waals surface area contributed by atoms with Gasteiger partial charge in [0.15, 0.2) is 0 Å². The van der Waals surface area contributed by atoms with Gasteiger partial charge in [-0.05, 0) is 11.6 Å². The number of aromatic nitrogens is 1. The molecule has 0 amide bonds. The number of fused-ring (bicyclic) bond motifs is 1. The minimum absolute atomic E-state index is 0.430. The summed E-state index contributed by atoms with van der Waals surface area (Å²) >= 11 is 11.5. The Morgan fingerprint density at radius 3 is 3.00 bits per heavy atom. The molecule has 1 aliphatic rings. The van der Waals surface area contributed by atoms with Gasteiger partial charge in [-0.15, -0.1) is 0 Å². The molecule has 4 heteroatoms. The van der Waals surface area contributed by atoms with Gasteiger partial charge in [0.2, 0.25) is 0 Å². The molecule has 0 aromatic carbocycles. The molecular weight excluding hydrogens is 183 g/mol. The average Bonchev–Trinajstić information content (AvgIpc) is 2.34. The fourth-order valence-electron chi connectivity index (χ4n) is 1.04. The molecule has 11 heavy (non-hydrogen) atoms. The molecule has 1 aromatic rings. The summed E-state index contributed by atoms with van der Waals surface area (Å²) < 4.78 is 0. The van der Waals surface area contributed by atoms with Gasteiger partial charge in [-0.2, -0.15) is 0 Å². The summed E-state index contributed by atoms with van der Waals surface area (Å²) in [5.74, 6) is 0. The van der Waals surface area contributed by atoms with Crippen molar-refractivity contribution in [2.45, 2.75) is 6.54 Å². The van der Waals surface area contributed by atoms with E-state index in [1.165, 1.54) is 0 Å². The SMILES string of the molecule is Clc1cc2c(c(Cl)n1)C=NC2. The Kier molecular flexibility index (Phi) is 1.59. The van der Waals surface area contributed by atoms with Gasteiger partial charge in [0.25, 0.3) is 0 Å². The molecule has 0 unspecified atom stereocenters. The van der Waals surface area contributed by atoms with Gasteiger partial charge < -0.3 is 0 Å². The van der Waals surface area contributed by atoms with E-state index in [0.717, 1.165) is 11.1 Å². The third kappa shape index (κ3) is 1.12. The number of nitrogens with zero attached hydrogens (tertiary/aromatic N) is 2. The lowest BCUT2D eigenvalue weighted by molar-refractivity contribution is 1.10. The van der Waals surface area contributed by atoms with Crippen molar-refractivity contribution in [2.75, 3.05) is 0 Å². The first kappa shape index (κ1) is 7.07. The third-order valence-electron chi connectivity index (χ3n) is 1.55.